The third-order valence-corrected chi connectivity index (χ3v) is 3.00. The summed E-state index contributed by atoms with van der Waals surface area (Å²) in [6, 6.07) is 9.93. The molecule has 0 atom stereocenters. The lowest BCUT2D eigenvalue weighted by atomic mass is 10.0. The number of halogens is 3. The van der Waals surface area contributed by atoms with Gasteiger partial charge in [-0.3, -0.25) is 0 Å². The summed E-state index contributed by atoms with van der Waals surface area (Å²) in [5.41, 5.74) is 1.11. The molecule has 0 N–H and O–H groups in total. The zero-order valence-electron chi connectivity index (χ0n) is 12.3. The Balaban J connectivity index is 2.48. The van der Waals surface area contributed by atoms with Crippen molar-refractivity contribution in [3.05, 3.63) is 48.0 Å². The summed E-state index contributed by atoms with van der Waals surface area (Å²) < 4.78 is 50.7. The average Bonchev–Trinajstić information content (AvgIpc) is 2.52. The smallest absolute Gasteiger partial charge is 0.496 e. The number of carbonyl (C=O) groups excluding carboxylic acids is 1. The fraction of sp³-hybridized carbons (Fsp3) is 0.188. The molecule has 2 aromatic carbocycles. The average molecular weight is 326 g/mol. The number of benzene rings is 2. The first-order valence-electron chi connectivity index (χ1n) is 6.46. The van der Waals surface area contributed by atoms with Crippen LogP contribution in [0.2, 0.25) is 0 Å². The van der Waals surface area contributed by atoms with E-state index < -0.39 is 12.3 Å². The standard InChI is InChI=1S/C16H13F3O4/c1-21-14-7-6-11(15(20)22-2)9-13(14)10-4-3-5-12(8-10)23-16(17,18)19/h3-9H,1-2H3. The van der Waals surface area contributed by atoms with E-state index in [2.05, 4.69) is 9.47 Å². The Bertz CT molecular complexity index is 711. The van der Waals surface area contributed by atoms with Gasteiger partial charge in [-0.1, -0.05) is 12.1 Å². The van der Waals surface area contributed by atoms with E-state index in [0.717, 1.165) is 0 Å². The second-order valence-electron chi connectivity index (χ2n) is 4.48. The number of hydrogen-bond donors (Lipinski definition) is 0. The molecule has 122 valence electrons. The minimum atomic E-state index is -4.78. The maximum atomic E-state index is 12.3. The minimum absolute atomic E-state index is 0.255. The van der Waals surface area contributed by atoms with E-state index in [9.17, 15) is 18.0 Å². The Labute approximate surface area is 130 Å². The summed E-state index contributed by atoms with van der Waals surface area (Å²) in [5, 5.41) is 0. The monoisotopic (exact) mass is 326 g/mol. The second-order valence-corrected chi connectivity index (χ2v) is 4.48. The fourth-order valence-corrected chi connectivity index (χ4v) is 2.04. The van der Waals surface area contributed by atoms with Gasteiger partial charge in [0.1, 0.15) is 11.5 Å². The van der Waals surface area contributed by atoms with Crippen LogP contribution < -0.4 is 9.47 Å². The summed E-state index contributed by atoms with van der Waals surface area (Å²) in [7, 11) is 2.66. The number of alkyl halides is 3. The van der Waals surface area contributed by atoms with E-state index in [0.29, 0.717) is 16.9 Å². The van der Waals surface area contributed by atoms with Gasteiger partial charge in [0.15, 0.2) is 0 Å². The highest BCUT2D eigenvalue weighted by molar-refractivity contribution is 5.92. The van der Waals surface area contributed by atoms with Gasteiger partial charge in [-0.25, -0.2) is 4.79 Å². The largest absolute Gasteiger partial charge is 0.573 e. The predicted molar refractivity (Wildman–Crippen MR) is 76.5 cm³/mol. The first-order chi connectivity index (χ1) is 10.8. The SMILES string of the molecule is COC(=O)c1ccc(OC)c(-c2cccc(OC(F)(F)F)c2)c1. The number of ether oxygens (including phenoxy) is 3. The van der Waals surface area contributed by atoms with Crippen LogP contribution in [0.15, 0.2) is 42.5 Å². The lowest BCUT2D eigenvalue weighted by molar-refractivity contribution is -0.274. The summed E-state index contributed by atoms with van der Waals surface area (Å²) in [6.45, 7) is 0. The summed E-state index contributed by atoms with van der Waals surface area (Å²) in [4.78, 5) is 11.6. The Kier molecular flexibility index (Phi) is 4.78. The number of methoxy groups -OCH3 is 2. The van der Waals surface area contributed by atoms with Crippen molar-refractivity contribution in [2.75, 3.05) is 14.2 Å². The zero-order valence-corrected chi connectivity index (χ0v) is 12.3. The van der Waals surface area contributed by atoms with Gasteiger partial charge in [0.2, 0.25) is 0 Å². The molecule has 7 heteroatoms. The van der Waals surface area contributed by atoms with Gasteiger partial charge in [-0.15, -0.1) is 13.2 Å². The van der Waals surface area contributed by atoms with Crippen molar-refractivity contribution in [1.29, 1.82) is 0 Å². The molecule has 0 aromatic heterocycles. The molecular formula is C16H13F3O4. The number of hydrogen-bond acceptors (Lipinski definition) is 4. The summed E-state index contributed by atoms with van der Waals surface area (Å²) in [6.07, 6.45) is -4.78. The molecule has 0 bridgehead atoms. The van der Waals surface area contributed by atoms with Crippen molar-refractivity contribution in [3.63, 3.8) is 0 Å². The van der Waals surface area contributed by atoms with E-state index in [4.69, 9.17) is 4.74 Å². The van der Waals surface area contributed by atoms with Crippen molar-refractivity contribution in [1.82, 2.24) is 0 Å². The Morgan fingerprint density at radius 1 is 1.04 bits per heavy atom. The highest BCUT2D eigenvalue weighted by Gasteiger charge is 2.31. The Morgan fingerprint density at radius 2 is 1.78 bits per heavy atom. The Hall–Kier alpha value is -2.70. The molecule has 0 aliphatic carbocycles. The minimum Gasteiger partial charge on any atom is -0.496 e. The number of esters is 1. The van der Waals surface area contributed by atoms with Crippen LogP contribution in [0.3, 0.4) is 0 Å². The predicted octanol–water partition coefficient (Wildman–Crippen LogP) is 4.05. The van der Waals surface area contributed by atoms with Crippen molar-refractivity contribution in [2.24, 2.45) is 0 Å². The van der Waals surface area contributed by atoms with Gasteiger partial charge in [0.25, 0.3) is 0 Å². The van der Waals surface area contributed by atoms with E-state index in [1.54, 1.807) is 12.1 Å². The molecular weight excluding hydrogens is 313 g/mol. The molecule has 0 amide bonds. The highest BCUT2D eigenvalue weighted by Crippen LogP contribution is 2.34. The quantitative estimate of drug-likeness (QED) is 0.795. The molecule has 0 radical (unpaired) electrons. The van der Waals surface area contributed by atoms with Crippen LogP contribution in [0.5, 0.6) is 11.5 Å². The molecule has 0 aliphatic heterocycles. The van der Waals surface area contributed by atoms with Crippen LogP contribution in [0, 0.1) is 0 Å². The second kappa shape index (κ2) is 6.60. The molecule has 23 heavy (non-hydrogen) atoms. The molecule has 0 aliphatic rings. The highest BCUT2D eigenvalue weighted by atomic mass is 19.4. The van der Waals surface area contributed by atoms with Crippen LogP contribution in [0.1, 0.15) is 10.4 Å². The lowest BCUT2D eigenvalue weighted by Crippen LogP contribution is -2.17. The van der Waals surface area contributed by atoms with Crippen molar-refractivity contribution >= 4 is 5.97 Å². The molecule has 0 saturated carbocycles. The van der Waals surface area contributed by atoms with E-state index in [-0.39, 0.29) is 11.3 Å². The molecule has 2 aromatic rings. The first-order valence-corrected chi connectivity index (χ1v) is 6.46. The molecule has 0 spiro atoms. The molecule has 0 unspecified atom stereocenters. The zero-order chi connectivity index (χ0) is 17.0. The molecule has 2 rings (SSSR count). The van der Waals surface area contributed by atoms with Crippen LogP contribution in [-0.2, 0) is 4.74 Å². The van der Waals surface area contributed by atoms with Gasteiger partial charge < -0.3 is 14.2 Å². The van der Waals surface area contributed by atoms with Crippen LogP contribution >= 0.6 is 0 Å². The molecule has 4 nitrogen and oxygen atoms in total. The van der Waals surface area contributed by atoms with Crippen LogP contribution in [-0.4, -0.2) is 26.6 Å². The molecule has 0 heterocycles. The van der Waals surface area contributed by atoms with Crippen molar-refractivity contribution in [2.45, 2.75) is 6.36 Å². The van der Waals surface area contributed by atoms with Crippen molar-refractivity contribution in [3.8, 4) is 22.6 Å². The Morgan fingerprint density at radius 3 is 2.39 bits per heavy atom. The lowest BCUT2D eigenvalue weighted by Gasteiger charge is -2.13. The van der Waals surface area contributed by atoms with Gasteiger partial charge >= 0.3 is 12.3 Å². The maximum Gasteiger partial charge on any atom is 0.573 e. The summed E-state index contributed by atoms with van der Waals surface area (Å²) >= 11 is 0. The molecule has 0 saturated heterocycles. The van der Waals surface area contributed by atoms with E-state index in [1.807, 2.05) is 0 Å². The number of rotatable bonds is 4. The van der Waals surface area contributed by atoms with Crippen LogP contribution in [0.4, 0.5) is 13.2 Å². The van der Waals surface area contributed by atoms with Crippen molar-refractivity contribution < 1.29 is 32.2 Å². The van der Waals surface area contributed by atoms with Crippen LogP contribution in [0.25, 0.3) is 11.1 Å². The molecule has 0 fully saturated rings. The van der Waals surface area contributed by atoms with Gasteiger partial charge in [-0.2, -0.15) is 0 Å². The topological polar surface area (TPSA) is 44.8 Å². The third-order valence-electron chi connectivity index (χ3n) is 3.00. The van der Waals surface area contributed by atoms with Gasteiger partial charge in [0, 0.05) is 5.56 Å². The first kappa shape index (κ1) is 16.7. The van der Waals surface area contributed by atoms with E-state index >= 15 is 0 Å². The van der Waals surface area contributed by atoms with Gasteiger partial charge in [0.05, 0.1) is 19.8 Å². The fourth-order valence-electron chi connectivity index (χ4n) is 2.04. The number of carbonyl (C=O) groups is 1. The van der Waals surface area contributed by atoms with E-state index in [1.165, 1.54) is 44.6 Å². The summed E-state index contributed by atoms with van der Waals surface area (Å²) in [5.74, 6) is -0.515. The normalized spacial score (nSPS) is 11.0. The maximum absolute atomic E-state index is 12.3. The van der Waals surface area contributed by atoms with Gasteiger partial charge in [-0.05, 0) is 35.9 Å². The third kappa shape index (κ3) is 4.15.